The molecule has 1 saturated heterocycles. The van der Waals surface area contributed by atoms with Crippen LogP contribution in [0.2, 0.25) is 0 Å². The summed E-state index contributed by atoms with van der Waals surface area (Å²) in [4.78, 5) is 0. The van der Waals surface area contributed by atoms with Crippen molar-refractivity contribution in [3.8, 4) is 0 Å². The Balaban J connectivity index is 1.97. The Kier molecular flexibility index (Phi) is 2.88. The van der Waals surface area contributed by atoms with Crippen molar-refractivity contribution in [2.45, 2.75) is 59.0 Å². The Bertz CT molecular complexity index is 197. The van der Waals surface area contributed by atoms with E-state index in [0.29, 0.717) is 11.5 Å². The maximum atomic E-state index is 5.69. The van der Waals surface area contributed by atoms with E-state index in [1.807, 2.05) is 0 Å². The van der Waals surface area contributed by atoms with Crippen LogP contribution in [0.4, 0.5) is 0 Å². The van der Waals surface area contributed by atoms with E-state index in [4.69, 9.17) is 4.74 Å². The summed E-state index contributed by atoms with van der Waals surface area (Å²) in [6.07, 6.45) is 7.55. The first-order chi connectivity index (χ1) is 6.58. The summed E-state index contributed by atoms with van der Waals surface area (Å²) in [6.45, 7) is 8.13. The van der Waals surface area contributed by atoms with Crippen molar-refractivity contribution in [3.05, 3.63) is 0 Å². The van der Waals surface area contributed by atoms with Crippen molar-refractivity contribution in [2.75, 3.05) is 6.61 Å². The number of hydrogen-bond acceptors (Lipinski definition) is 1. The molecule has 0 spiro atoms. The van der Waals surface area contributed by atoms with Crippen molar-refractivity contribution in [3.63, 3.8) is 0 Å². The summed E-state index contributed by atoms with van der Waals surface area (Å²) in [5, 5.41) is 0. The summed E-state index contributed by atoms with van der Waals surface area (Å²) >= 11 is 0. The molecule has 1 saturated carbocycles. The molecule has 3 atom stereocenters. The minimum Gasteiger partial charge on any atom is -0.378 e. The van der Waals surface area contributed by atoms with Crippen molar-refractivity contribution in [1.29, 1.82) is 0 Å². The van der Waals surface area contributed by atoms with Crippen molar-refractivity contribution < 1.29 is 4.74 Å². The standard InChI is InChI=1S/C13H24O/c1-10-12(6-8-14-10)11-5-4-7-13(2,3)9-11/h10-12H,4-9H2,1-3H3. The van der Waals surface area contributed by atoms with Crippen LogP contribution in [0.3, 0.4) is 0 Å². The minimum absolute atomic E-state index is 0.522. The highest BCUT2D eigenvalue weighted by molar-refractivity contribution is 4.87. The zero-order chi connectivity index (χ0) is 10.2. The third-order valence-corrected chi connectivity index (χ3v) is 4.28. The van der Waals surface area contributed by atoms with Gasteiger partial charge in [0.15, 0.2) is 0 Å². The van der Waals surface area contributed by atoms with Crippen LogP contribution in [0.15, 0.2) is 0 Å². The number of ether oxygens (including phenoxy) is 1. The second kappa shape index (κ2) is 3.84. The molecule has 3 unspecified atom stereocenters. The summed E-state index contributed by atoms with van der Waals surface area (Å²) in [7, 11) is 0. The molecule has 82 valence electrons. The summed E-state index contributed by atoms with van der Waals surface area (Å²) in [6, 6.07) is 0. The first kappa shape index (κ1) is 10.5. The summed E-state index contributed by atoms with van der Waals surface area (Å²) < 4.78 is 5.69. The number of rotatable bonds is 1. The molecule has 1 aliphatic heterocycles. The lowest BCUT2D eigenvalue weighted by atomic mass is 9.67. The third kappa shape index (κ3) is 2.13. The zero-order valence-corrected chi connectivity index (χ0v) is 9.88. The van der Waals surface area contributed by atoms with Crippen molar-refractivity contribution in [1.82, 2.24) is 0 Å². The fraction of sp³-hybridized carbons (Fsp3) is 1.00. The van der Waals surface area contributed by atoms with E-state index in [1.165, 1.54) is 32.1 Å². The van der Waals surface area contributed by atoms with Gasteiger partial charge in [0.25, 0.3) is 0 Å². The predicted molar refractivity (Wildman–Crippen MR) is 59.3 cm³/mol. The van der Waals surface area contributed by atoms with Gasteiger partial charge in [0.1, 0.15) is 0 Å². The van der Waals surface area contributed by atoms with Gasteiger partial charge in [0.05, 0.1) is 6.10 Å². The quantitative estimate of drug-likeness (QED) is 0.622. The monoisotopic (exact) mass is 196 g/mol. The topological polar surface area (TPSA) is 9.23 Å². The maximum absolute atomic E-state index is 5.69. The van der Waals surface area contributed by atoms with Gasteiger partial charge >= 0.3 is 0 Å². The molecular formula is C13H24O. The van der Waals surface area contributed by atoms with E-state index in [9.17, 15) is 0 Å². The van der Waals surface area contributed by atoms with E-state index < -0.39 is 0 Å². The SMILES string of the molecule is CC1OCCC1C1CCCC(C)(C)C1. The molecule has 0 amide bonds. The highest BCUT2D eigenvalue weighted by Crippen LogP contribution is 2.44. The van der Waals surface area contributed by atoms with Crippen molar-refractivity contribution >= 4 is 0 Å². The minimum atomic E-state index is 0.522. The van der Waals surface area contributed by atoms with Crippen molar-refractivity contribution in [2.24, 2.45) is 17.3 Å². The molecular weight excluding hydrogens is 172 g/mol. The van der Waals surface area contributed by atoms with E-state index >= 15 is 0 Å². The van der Waals surface area contributed by atoms with Gasteiger partial charge in [-0.05, 0) is 43.4 Å². The van der Waals surface area contributed by atoms with E-state index in [1.54, 1.807) is 0 Å². The molecule has 0 N–H and O–H groups in total. The smallest absolute Gasteiger partial charge is 0.0578 e. The largest absolute Gasteiger partial charge is 0.378 e. The summed E-state index contributed by atoms with van der Waals surface area (Å²) in [5.74, 6) is 1.80. The molecule has 1 heteroatoms. The van der Waals surface area contributed by atoms with Crippen LogP contribution < -0.4 is 0 Å². The third-order valence-electron chi connectivity index (χ3n) is 4.28. The first-order valence-electron chi connectivity index (χ1n) is 6.20. The van der Waals surface area contributed by atoms with Gasteiger partial charge in [-0.1, -0.05) is 26.7 Å². The average Bonchev–Trinajstić information content (AvgIpc) is 2.49. The molecule has 2 rings (SSSR count). The molecule has 2 fully saturated rings. The lowest BCUT2D eigenvalue weighted by Gasteiger charge is -2.38. The molecule has 1 aliphatic carbocycles. The van der Waals surface area contributed by atoms with E-state index in [2.05, 4.69) is 20.8 Å². The second-order valence-electron chi connectivity index (χ2n) is 6.05. The van der Waals surface area contributed by atoms with Gasteiger partial charge in [0, 0.05) is 6.61 Å². The van der Waals surface area contributed by atoms with Gasteiger partial charge in [-0.15, -0.1) is 0 Å². The zero-order valence-electron chi connectivity index (χ0n) is 9.88. The van der Waals surface area contributed by atoms with Crippen LogP contribution in [0.1, 0.15) is 52.9 Å². The van der Waals surface area contributed by atoms with Gasteiger partial charge in [-0.25, -0.2) is 0 Å². The second-order valence-corrected chi connectivity index (χ2v) is 6.05. The summed E-state index contributed by atoms with van der Waals surface area (Å²) in [5.41, 5.74) is 0.589. The Hall–Kier alpha value is -0.0400. The van der Waals surface area contributed by atoms with Gasteiger partial charge < -0.3 is 4.74 Å². The van der Waals surface area contributed by atoms with Crippen LogP contribution in [0, 0.1) is 17.3 Å². The molecule has 0 aromatic heterocycles. The molecule has 0 bridgehead atoms. The molecule has 0 radical (unpaired) electrons. The van der Waals surface area contributed by atoms with Gasteiger partial charge in [-0.3, -0.25) is 0 Å². The normalized spacial score (nSPS) is 42.6. The molecule has 1 nitrogen and oxygen atoms in total. The fourth-order valence-electron chi connectivity index (χ4n) is 3.49. The molecule has 14 heavy (non-hydrogen) atoms. The molecule has 1 heterocycles. The Morgan fingerprint density at radius 2 is 2.00 bits per heavy atom. The van der Waals surface area contributed by atoms with Crippen LogP contribution in [0.5, 0.6) is 0 Å². The Morgan fingerprint density at radius 1 is 1.21 bits per heavy atom. The van der Waals surface area contributed by atoms with Crippen LogP contribution >= 0.6 is 0 Å². The lowest BCUT2D eigenvalue weighted by Crippen LogP contribution is -2.30. The Morgan fingerprint density at radius 3 is 2.57 bits per heavy atom. The number of hydrogen-bond donors (Lipinski definition) is 0. The molecule has 0 aromatic carbocycles. The maximum Gasteiger partial charge on any atom is 0.0578 e. The lowest BCUT2D eigenvalue weighted by molar-refractivity contribution is 0.0619. The average molecular weight is 196 g/mol. The molecule has 0 aromatic rings. The van der Waals surface area contributed by atoms with Gasteiger partial charge in [-0.2, -0.15) is 0 Å². The highest BCUT2D eigenvalue weighted by Gasteiger charge is 2.37. The highest BCUT2D eigenvalue weighted by atomic mass is 16.5. The molecule has 2 aliphatic rings. The van der Waals surface area contributed by atoms with E-state index in [-0.39, 0.29) is 0 Å². The van der Waals surface area contributed by atoms with E-state index in [0.717, 1.165) is 18.4 Å². The van der Waals surface area contributed by atoms with Crippen LogP contribution in [0.25, 0.3) is 0 Å². The fourth-order valence-corrected chi connectivity index (χ4v) is 3.49. The van der Waals surface area contributed by atoms with Crippen LogP contribution in [-0.2, 0) is 4.74 Å². The van der Waals surface area contributed by atoms with Gasteiger partial charge in [0.2, 0.25) is 0 Å². The first-order valence-corrected chi connectivity index (χ1v) is 6.20. The Labute approximate surface area is 88.2 Å². The van der Waals surface area contributed by atoms with Crippen LogP contribution in [-0.4, -0.2) is 12.7 Å². The predicted octanol–water partition coefficient (Wildman–Crippen LogP) is 3.63.